The lowest BCUT2D eigenvalue weighted by molar-refractivity contribution is 0.103. The number of para-hydroxylation sites is 1. The lowest BCUT2D eigenvalue weighted by Gasteiger charge is -2.11. The molecule has 0 bridgehead atoms. The summed E-state index contributed by atoms with van der Waals surface area (Å²) in [5.74, 6) is -0.0512. The second-order valence-electron chi connectivity index (χ2n) is 9.99. The number of rotatable bonds is 4. The van der Waals surface area contributed by atoms with Gasteiger partial charge in [-0.1, -0.05) is 72.8 Å². The number of furan rings is 1. The van der Waals surface area contributed by atoms with Crippen molar-refractivity contribution in [3.05, 3.63) is 145 Å². The third-order valence-corrected chi connectivity index (χ3v) is 7.71. The molecule has 3 aromatic heterocycles. The van der Waals surface area contributed by atoms with Gasteiger partial charge in [0.15, 0.2) is 5.78 Å². The number of benzene rings is 5. The van der Waals surface area contributed by atoms with E-state index in [-0.39, 0.29) is 5.78 Å². The number of carbonyl (C=O) groups is 1. The number of carbonyl (C=O) groups excluding carboxylic acids is 1. The van der Waals surface area contributed by atoms with Crippen LogP contribution in [0.4, 0.5) is 0 Å². The van der Waals surface area contributed by atoms with Gasteiger partial charge in [-0.2, -0.15) is 0 Å². The molecule has 188 valence electrons. The Kier molecular flexibility index (Phi) is 4.94. The van der Waals surface area contributed by atoms with Crippen LogP contribution >= 0.6 is 0 Å². The van der Waals surface area contributed by atoms with Crippen molar-refractivity contribution >= 4 is 49.3 Å². The zero-order valence-electron chi connectivity index (χ0n) is 21.4. The highest BCUT2D eigenvalue weighted by molar-refractivity contribution is 6.17. The van der Waals surface area contributed by atoms with Gasteiger partial charge in [-0.15, -0.1) is 0 Å². The fourth-order valence-corrected chi connectivity index (χ4v) is 5.84. The largest absolute Gasteiger partial charge is 0.464 e. The van der Waals surface area contributed by atoms with Crippen molar-refractivity contribution in [1.29, 1.82) is 0 Å². The second-order valence-corrected chi connectivity index (χ2v) is 9.99. The van der Waals surface area contributed by atoms with Gasteiger partial charge in [0.05, 0.1) is 22.3 Å². The topological polar surface area (TPSA) is 48.0 Å². The van der Waals surface area contributed by atoms with E-state index in [1.165, 1.54) is 16.2 Å². The summed E-state index contributed by atoms with van der Waals surface area (Å²) in [6.45, 7) is 0. The van der Waals surface area contributed by atoms with Gasteiger partial charge >= 0.3 is 0 Å². The van der Waals surface area contributed by atoms with E-state index in [0.29, 0.717) is 16.7 Å². The van der Waals surface area contributed by atoms with Crippen molar-refractivity contribution in [3.63, 3.8) is 0 Å². The average Bonchev–Trinajstić information content (AvgIpc) is 3.58. The molecule has 0 aliphatic heterocycles. The Morgan fingerprint density at radius 1 is 0.650 bits per heavy atom. The van der Waals surface area contributed by atoms with E-state index in [9.17, 15) is 4.79 Å². The summed E-state index contributed by atoms with van der Waals surface area (Å²) in [5.41, 5.74) is 7.09. The van der Waals surface area contributed by atoms with Gasteiger partial charge in [0.2, 0.25) is 0 Å². The number of nitrogens with zero attached hydrogens (tertiary/aromatic N) is 2. The van der Waals surface area contributed by atoms with E-state index in [0.717, 1.165) is 38.8 Å². The van der Waals surface area contributed by atoms with Crippen LogP contribution in [0.1, 0.15) is 15.9 Å². The van der Waals surface area contributed by atoms with E-state index < -0.39 is 0 Å². The van der Waals surface area contributed by atoms with Gasteiger partial charge in [0.25, 0.3) is 0 Å². The zero-order valence-corrected chi connectivity index (χ0v) is 21.4. The van der Waals surface area contributed by atoms with Crippen molar-refractivity contribution in [3.8, 4) is 16.9 Å². The number of ketones is 1. The van der Waals surface area contributed by atoms with Crippen LogP contribution in [0.2, 0.25) is 0 Å². The highest BCUT2D eigenvalue weighted by Crippen LogP contribution is 2.38. The normalized spacial score (nSPS) is 11.6. The molecule has 0 aliphatic carbocycles. The maximum absolute atomic E-state index is 13.4. The van der Waals surface area contributed by atoms with E-state index in [2.05, 4.69) is 76.3 Å². The van der Waals surface area contributed by atoms with Gasteiger partial charge in [-0.25, -0.2) is 0 Å². The third kappa shape index (κ3) is 3.40. The molecule has 8 rings (SSSR count). The van der Waals surface area contributed by atoms with Crippen molar-refractivity contribution in [2.45, 2.75) is 0 Å². The minimum atomic E-state index is -0.0512. The van der Waals surface area contributed by atoms with E-state index in [1.807, 2.05) is 60.8 Å². The highest BCUT2D eigenvalue weighted by atomic mass is 16.3. The first-order chi connectivity index (χ1) is 19.8. The predicted molar refractivity (Wildman–Crippen MR) is 161 cm³/mol. The third-order valence-electron chi connectivity index (χ3n) is 7.71. The lowest BCUT2D eigenvalue weighted by atomic mass is 9.99. The van der Waals surface area contributed by atoms with E-state index in [1.54, 1.807) is 6.26 Å². The van der Waals surface area contributed by atoms with Crippen LogP contribution in [0, 0.1) is 0 Å². The summed E-state index contributed by atoms with van der Waals surface area (Å²) in [7, 11) is 0. The molecule has 5 aromatic carbocycles. The van der Waals surface area contributed by atoms with Crippen molar-refractivity contribution in [2.24, 2.45) is 0 Å². The van der Waals surface area contributed by atoms with Crippen LogP contribution in [0.3, 0.4) is 0 Å². The van der Waals surface area contributed by atoms with Crippen LogP contribution in [0.25, 0.3) is 60.5 Å². The molecule has 0 fully saturated rings. The first-order valence-electron chi connectivity index (χ1n) is 13.2. The van der Waals surface area contributed by atoms with E-state index in [4.69, 9.17) is 4.42 Å². The molecule has 0 saturated carbocycles. The van der Waals surface area contributed by atoms with E-state index >= 15 is 0 Å². The molecule has 0 spiro atoms. The molecule has 0 atom stereocenters. The Balaban J connectivity index is 1.40. The van der Waals surface area contributed by atoms with Gasteiger partial charge in [0, 0.05) is 39.2 Å². The molecule has 4 heteroatoms. The maximum atomic E-state index is 13.4. The number of aromatic nitrogens is 2. The van der Waals surface area contributed by atoms with Crippen LogP contribution in [0.15, 0.2) is 138 Å². The Bertz CT molecular complexity index is 2220. The van der Waals surface area contributed by atoms with Crippen molar-refractivity contribution in [2.75, 3.05) is 0 Å². The molecule has 4 nitrogen and oxygen atoms in total. The molecule has 0 aliphatic rings. The number of hydrogen-bond donors (Lipinski definition) is 0. The smallest absolute Gasteiger partial charge is 0.196 e. The highest BCUT2D eigenvalue weighted by Gasteiger charge is 2.19. The predicted octanol–water partition coefficient (Wildman–Crippen LogP) is 8.98. The molecule has 0 unspecified atom stereocenters. The first-order valence-corrected chi connectivity index (χ1v) is 13.2. The average molecular weight is 515 g/mol. The van der Waals surface area contributed by atoms with Gasteiger partial charge in [0.1, 0.15) is 11.8 Å². The van der Waals surface area contributed by atoms with Crippen LogP contribution in [0.5, 0.6) is 0 Å². The molecule has 0 saturated heterocycles. The Morgan fingerprint density at radius 3 is 2.38 bits per heavy atom. The molecule has 0 amide bonds. The molecule has 3 heterocycles. The van der Waals surface area contributed by atoms with Crippen molar-refractivity contribution in [1.82, 2.24) is 9.55 Å². The fraction of sp³-hybridized carbons (Fsp3) is 0. The molecular formula is C36H22N2O2. The molecule has 0 radical (unpaired) electrons. The molecule has 8 aromatic rings. The summed E-state index contributed by atoms with van der Waals surface area (Å²) in [6, 6.07) is 40.8. The van der Waals surface area contributed by atoms with Gasteiger partial charge in [-0.3, -0.25) is 9.78 Å². The van der Waals surface area contributed by atoms with Crippen LogP contribution in [-0.4, -0.2) is 15.3 Å². The quantitative estimate of drug-likeness (QED) is 0.220. The summed E-state index contributed by atoms with van der Waals surface area (Å²) >= 11 is 0. The summed E-state index contributed by atoms with van der Waals surface area (Å²) in [4.78, 5) is 18.0. The molecule has 0 N–H and O–H groups in total. The molecular weight excluding hydrogens is 492 g/mol. The standard InChI is InChI=1S/C36H22N2O2/c39-36(23-9-2-1-3-10-23)31-22-40-35-17-16-25(20-30(31)35)38-33-15-5-4-12-27(33)29-19-24-11-8-13-26(28(24)21-34(29)38)32-14-6-7-18-37-32/h1-22H. The molecule has 40 heavy (non-hydrogen) atoms. The number of pyridine rings is 1. The minimum absolute atomic E-state index is 0.0512. The zero-order chi connectivity index (χ0) is 26.6. The second kappa shape index (κ2) is 8.79. The minimum Gasteiger partial charge on any atom is -0.464 e. The Morgan fingerprint density at radius 2 is 1.50 bits per heavy atom. The first kappa shape index (κ1) is 22.5. The lowest BCUT2D eigenvalue weighted by Crippen LogP contribution is -2.00. The van der Waals surface area contributed by atoms with Gasteiger partial charge < -0.3 is 8.98 Å². The Hall–Kier alpha value is -5.48. The monoisotopic (exact) mass is 514 g/mol. The summed E-state index contributed by atoms with van der Waals surface area (Å²) in [5, 5.41) is 5.46. The summed E-state index contributed by atoms with van der Waals surface area (Å²) < 4.78 is 8.10. The fourth-order valence-electron chi connectivity index (χ4n) is 5.84. The van der Waals surface area contributed by atoms with Crippen molar-refractivity contribution < 1.29 is 9.21 Å². The SMILES string of the molecule is O=C(c1ccccc1)c1coc2ccc(-n3c4ccccc4c4cc5cccc(-c6ccccn6)c5cc43)cc12. The maximum Gasteiger partial charge on any atom is 0.196 e. The Labute approximate surface area is 229 Å². The van der Waals surface area contributed by atoms with Crippen LogP contribution in [-0.2, 0) is 0 Å². The van der Waals surface area contributed by atoms with Gasteiger partial charge in [-0.05, 0) is 59.3 Å². The summed E-state index contributed by atoms with van der Waals surface area (Å²) in [6.07, 6.45) is 3.40. The number of fused-ring (bicyclic) bond motifs is 5. The number of hydrogen-bond acceptors (Lipinski definition) is 3. The van der Waals surface area contributed by atoms with Crippen LogP contribution < -0.4 is 0 Å².